The molecule has 2 aromatic heterocycles. The molecule has 1 saturated heterocycles. The maximum atomic E-state index is 13.6. The second kappa shape index (κ2) is 11.9. The molecule has 1 fully saturated rings. The number of carbonyl (C=O) groups excluding carboxylic acids is 2. The minimum Gasteiger partial charge on any atom is -0.481 e. The van der Waals surface area contributed by atoms with Gasteiger partial charge in [0.15, 0.2) is 0 Å². The SMILES string of the molecule is Cc1cc([C@@H](C(=O)N2CCCC2C(=O)N[C@@H](CC(=O)O)c2ccc(-c3scnc3C)cc2)C(C)CO)on1. The van der Waals surface area contributed by atoms with Gasteiger partial charge in [0, 0.05) is 19.2 Å². The van der Waals surface area contributed by atoms with Gasteiger partial charge in [-0.05, 0) is 43.7 Å². The molecule has 3 aromatic rings. The number of aliphatic hydroxyl groups excluding tert-OH is 1. The third kappa shape index (κ3) is 5.94. The van der Waals surface area contributed by atoms with Crippen molar-refractivity contribution in [1.82, 2.24) is 20.4 Å². The fourth-order valence-electron chi connectivity index (χ4n) is 4.90. The van der Waals surface area contributed by atoms with Crippen molar-refractivity contribution in [3.05, 3.63) is 58.6 Å². The number of rotatable bonds is 10. The van der Waals surface area contributed by atoms with Crippen molar-refractivity contribution in [3.8, 4) is 10.4 Å². The zero-order chi connectivity index (χ0) is 27.4. The quantitative estimate of drug-likeness (QED) is 0.354. The van der Waals surface area contributed by atoms with Crippen LogP contribution in [0.4, 0.5) is 0 Å². The maximum absolute atomic E-state index is 13.6. The minimum atomic E-state index is -1.05. The van der Waals surface area contributed by atoms with Crippen molar-refractivity contribution in [2.45, 2.75) is 58.0 Å². The molecule has 1 aliphatic rings. The topological polar surface area (TPSA) is 146 Å². The molecule has 11 heteroatoms. The molecule has 10 nitrogen and oxygen atoms in total. The Balaban J connectivity index is 1.53. The number of benzene rings is 1. The van der Waals surface area contributed by atoms with E-state index in [2.05, 4.69) is 15.5 Å². The number of nitrogens with zero attached hydrogens (tertiary/aromatic N) is 3. The van der Waals surface area contributed by atoms with Gasteiger partial charge in [-0.15, -0.1) is 11.3 Å². The van der Waals surface area contributed by atoms with E-state index in [4.69, 9.17) is 4.52 Å². The summed E-state index contributed by atoms with van der Waals surface area (Å²) in [5.41, 5.74) is 4.93. The summed E-state index contributed by atoms with van der Waals surface area (Å²) in [5.74, 6) is -2.66. The van der Waals surface area contributed by atoms with Crippen molar-refractivity contribution < 1.29 is 29.1 Å². The van der Waals surface area contributed by atoms with E-state index < -0.39 is 35.8 Å². The van der Waals surface area contributed by atoms with Crippen LogP contribution in [-0.4, -0.2) is 62.2 Å². The number of aryl methyl sites for hydroxylation is 2. The van der Waals surface area contributed by atoms with Crippen molar-refractivity contribution in [3.63, 3.8) is 0 Å². The molecule has 38 heavy (non-hydrogen) atoms. The zero-order valence-electron chi connectivity index (χ0n) is 21.6. The highest BCUT2D eigenvalue weighted by atomic mass is 32.1. The summed E-state index contributed by atoms with van der Waals surface area (Å²) in [7, 11) is 0. The number of likely N-dealkylation sites (tertiary alicyclic amines) is 1. The second-order valence-electron chi connectivity index (χ2n) is 9.75. The van der Waals surface area contributed by atoms with E-state index in [9.17, 15) is 24.6 Å². The lowest BCUT2D eigenvalue weighted by atomic mass is 9.90. The highest BCUT2D eigenvalue weighted by Crippen LogP contribution is 2.32. The van der Waals surface area contributed by atoms with E-state index in [0.717, 1.165) is 16.1 Å². The monoisotopic (exact) mass is 540 g/mol. The molecule has 2 unspecified atom stereocenters. The van der Waals surface area contributed by atoms with E-state index in [1.165, 1.54) is 16.2 Å². The number of amides is 2. The number of hydrogen-bond donors (Lipinski definition) is 3. The van der Waals surface area contributed by atoms with Gasteiger partial charge in [-0.2, -0.15) is 0 Å². The average molecular weight is 541 g/mol. The first-order valence-corrected chi connectivity index (χ1v) is 13.4. The van der Waals surface area contributed by atoms with Crippen molar-refractivity contribution in [2.24, 2.45) is 5.92 Å². The maximum Gasteiger partial charge on any atom is 0.305 e. The summed E-state index contributed by atoms with van der Waals surface area (Å²) in [6.45, 7) is 5.56. The average Bonchev–Trinajstić information content (AvgIpc) is 3.65. The molecule has 3 N–H and O–H groups in total. The van der Waals surface area contributed by atoms with Gasteiger partial charge < -0.3 is 25.0 Å². The van der Waals surface area contributed by atoms with Crippen LogP contribution in [0.15, 0.2) is 40.4 Å². The summed E-state index contributed by atoms with van der Waals surface area (Å²) >= 11 is 1.52. The minimum absolute atomic E-state index is 0.238. The smallest absolute Gasteiger partial charge is 0.305 e. The normalized spacial score (nSPS) is 17.7. The Bertz CT molecular complexity index is 1290. The van der Waals surface area contributed by atoms with Gasteiger partial charge in [-0.25, -0.2) is 4.98 Å². The van der Waals surface area contributed by atoms with Gasteiger partial charge in [-0.1, -0.05) is 36.3 Å². The Labute approximate surface area is 224 Å². The lowest BCUT2D eigenvalue weighted by molar-refractivity contribution is -0.142. The predicted octanol–water partition coefficient (Wildman–Crippen LogP) is 3.45. The number of carboxylic acid groups (broad SMARTS) is 1. The first-order valence-electron chi connectivity index (χ1n) is 12.6. The Hall–Kier alpha value is -3.57. The molecule has 3 heterocycles. The number of hydrogen-bond acceptors (Lipinski definition) is 8. The molecule has 202 valence electrons. The Morgan fingerprint density at radius 3 is 2.55 bits per heavy atom. The van der Waals surface area contributed by atoms with Gasteiger partial charge in [-0.3, -0.25) is 14.4 Å². The Morgan fingerprint density at radius 2 is 1.97 bits per heavy atom. The van der Waals surface area contributed by atoms with Crippen LogP contribution in [0.1, 0.15) is 60.9 Å². The third-order valence-electron chi connectivity index (χ3n) is 6.93. The summed E-state index contributed by atoms with van der Waals surface area (Å²) in [6.07, 6.45) is 0.787. The molecule has 4 atom stereocenters. The molecule has 4 rings (SSSR count). The van der Waals surface area contributed by atoms with Gasteiger partial charge in [0.1, 0.15) is 17.7 Å². The number of aliphatic carboxylic acids is 1. The van der Waals surface area contributed by atoms with E-state index in [1.807, 2.05) is 31.2 Å². The summed E-state index contributed by atoms with van der Waals surface area (Å²) < 4.78 is 5.36. The molecule has 0 bridgehead atoms. The van der Waals surface area contributed by atoms with Crippen LogP contribution < -0.4 is 5.32 Å². The van der Waals surface area contributed by atoms with Crippen molar-refractivity contribution in [2.75, 3.05) is 13.2 Å². The fourth-order valence-corrected chi connectivity index (χ4v) is 5.71. The molecular formula is C27H32N4O6S. The number of thiazole rings is 1. The van der Waals surface area contributed by atoms with Gasteiger partial charge in [0.25, 0.3) is 0 Å². The number of aliphatic hydroxyl groups is 1. The van der Waals surface area contributed by atoms with E-state index in [-0.39, 0.29) is 18.9 Å². The fraction of sp³-hybridized carbons (Fsp3) is 0.444. The first kappa shape index (κ1) is 27.5. The standard InChI is InChI=1S/C27H32N4O6S/c1-15(13-32)24(22-11-16(2)30-37-22)27(36)31-10-4-5-21(31)26(35)29-20(12-23(33)34)18-6-8-19(9-7-18)25-17(3)28-14-38-25/h6-9,11,14-15,20-21,24,32H,4-5,10,12-13H2,1-3H3,(H,29,35)(H,33,34)/t15?,20-,21?,24-/m0/s1. The van der Waals surface area contributed by atoms with E-state index >= 15 is 0 Å². The van der Waals surface area contributed by atoms with Gasteiger partial charge in [0.05, 0.1) is 34.2 Å². The molecule has 0 saturated carbocycles. The summed E-state index contributed by atoms with van der Waals surface area (Å²) in [4.78, 5) is 45.5. The van der Waals surface area contributed by atoms with Crippen LogP contribution in [0.5, 0.6) is 0 Å². The molecule has 0 aliphatic carbocycles. The lowest BCUT2D eigenvalue weighted by Crippen LogP contribution is -2.49. The predicted molar refractivity (Wildman–Crippen MR) is 140 cm³/mol. The second-order valence-corrected chi connectivity index (χ2v) is 10.6. The molecule has 1 aromatic carbocycles. The molecular weight excluding hydrogens is 508 g/mol. The zero-order valence-corrected chi connectivity index (χ0v) is 22.4. The molecule has 0 spiro atoms. The van der Waals surface area contributed by atoms with Crippen LogP contribution in [0.25, 0.3) is 10.4 Å². The molecule has 0 radical (unpaired) electrons. The van der Waals surface area contributed by atoms with Gasteiger partial charge >= 0.3 is 5.97 Å². The summed E-state index contributed by atoms with van der Waals surface area (Å²) in [6, 6.07) is 7.55. The van der Waals surface area contributed by atoms with Gasteiger partial charge in [0.2, 0.25) is 11.8 Å². The highest BCUT2D eigenvalue weighted by molar-refractivity contribution is 7.13. The van der Waals surface area contributed by atoms with Crippen LogP contribution in [0.3, 0.4) is 0 Å². The Morgan fingerprint density at radius 1 is 1.24 bits per heavy atom. The largest absolute Gasteiger partial charge is 0.481 e. The number of nitrogens with one attached hydrogen (secondary N) is 1. The van der Waals surface area contributed by atoms with E-state index in [1.54, 1.807) is 25.4 Å². The Kier molecular flexibility index (Phi) is 8.58. The van der Waals surface area contributed by atoms with Crippen LogP contribution in [0, 0.1) is 19.8 Å². The number of carboxylic acids is 1. The van der Waals surface area contributed by atoms with Crippen LogP contribution >= 0.6 is 11.3 Å². The third-order valence-corrected chi connectivity index (χ3v) is 7.91. The molecule has 1 aliphatic heterocycles. The van der Waals surface area contributed by atoms with Crippen LogP contribution in [0.2, 0.25) is 0 Å². The van der Waals surface area contributed by atoms with E-state index in [0.29, 0.717) is 36.4 Å². The highest BCUT2D eigenvalue weighted by Gasteiger charge is 2.41. The van der Waals surface area contributed by atoms with Crippen molar-refractivity contribution in [1.29, 1.82) is 0 Å². The number of aromatic nitrogens is 2. The summed E-state index contributed by atoms with van der Waals surface area (Å²) in [5, 5.41) is 26.1. The van der Waals surface area contributed by atoms with Crippen molar-refractivity contribution >= 4 is 29.1 Å². The van der Waals surface area contributed by atoms with Crippen LogP contribution in [-0.2, 0) is 14.4 Å². The lowest BCUT2D eigenvalue weighted by Gasteiger charge is -2.30. The molecule has 2 amide bonds. The first-order chi connectivity index (χ1) is 18.2. The number of carbonyl (C=O) groups is 3.